The summed E-state index contributed by atoms with van der Waals surface area (Å²) in [6, 6.07) is 8.21. The van der Waals surface area contributed by atoms with Gasteiger partial charge in [-0.1, -0.05) is 24.1 Å². The van der Waals surface area contributed by atoms with E-state index in [4.69, 9.17) is 0 Å². The van der Waals surface area contributed by atoms with E-state index < -0.39 is 0 Å². The second kappa shape index (κ2) is 4.37. The molecule has 2 rings (SSSR count). The molecule has 0 unspecified atom stereocenters. The summed E-state index contributed by atoms with van der Waals surface area (Å²) in [5.74, 6) is 5.93. The minimum absolute atomic E-state index is 0.265. The maximum Gasteiger partial charge on any atom is 0.0795 e. The van der Waals surface area contributed by atoms with Crippen LogP contribution in [-0.2, 0) is 6.42 Å². The van der Waals surface area contributed by atoms with Crippen LogP contribution in [0.3, 0.4) is 0 Å². The van der Waals surface area contributed by atoms with Crippen LogP contribution in [0, 0.1) is 11.8 Å². The van der Waals surface area contributed by atoms with Crippen LogP contribution in [0.5, 0.6) is 0 Å². The van der Waals surface area contributed by atoms with E-state index in [-0.39, 0.29) is 6.10 Å². The van der Waals surface area contributed by atoms with Crippen LogP contribution < -0.4 is 4.90 Å². The molecule has 1 N–H and O–H groups in total. The Balaban J connectivity index is 2.28. The smallest absolute Gasteiger partial charge is 0.0795 e. The first kappa shape index (κ1) is 10.1. The second-order valence-electron chi connectivity index (χ2n) is 3.79. The normalized spacial score (nSPS) is 19.1. The molecule has 0 aromatic heterocycles. The number of para-hydroxylation sites is 1. The standard InChI is InChI=1S/C13H15NO/c1-2-3-8-14-10-12(15)9-11-6-4-5-7-13(11)14/h4-7,12,15H,8-10H2,1H3/t12-/m0/s1. The molecular weight excluding hydrogens is 186 g/mol. The van der Waals surface area contributed by atoms with E-state index in [1.165, 1.54) is 11.3 Å². The zero-order chi connectivity index (χ0) is 10.7. The van der Waals surface area contributed by atoms with E-state index in [0.29, 0.717) is 13.1 Å². The van der Waals surface area contributed by atoms with E-state index in [9.17, 15) is 5.11 Å². The molecule has 1 aliphatic heterocycles. The van der Waals surface area contributed by atoms with Crippen LogP contribution in [0.15, 0.2) is 24.3 Å². The summed E-state index contributed by atoms with van der Waals surface area (Å²) in [7, 11) is 0. The predicted molar refractivity (Wildman–Crippen MR) is 61.8 cm³/mol. The molecule has 1 heterocycles. The summed E-state index contributed by atoms with van der Waals surface area (Å²) in [6.45, 7) is 3.22. The molecular formula is C13H15NO. The van der Waals surface area contributed by atoms with Crippen molar-refractivity contribution in [1.29, 1.82) is 0 Å². The van der Waals surface area contributed by atoms with Crippen molar-refractivity contribution in [2.75, 3.05) is 18.0 Å². The minimum atomic E-state index is -0.265. The molecule has 0 aliphatic carbocycles. The number of aliphatic hydroxyl groups excluding tert-OH is 1. The van der Waals surface area contributed by atoms with Crippen molar-refractivity contribution < 1.29 is 5.11 Å². The van der Waals surface area contributed by atoms with Crippen molar-refractivity contribution in [3.8, 4) is 11.8 Å². The minimum Gasteiger partial charge on any atom is -0.391 e. The number of hydrogen-bond donors (Lipinski definition) is 1. The van der Waals surface area contributed by atoms with Crippen LogP contribution in [0.2, 0.25) is 0 Å². The van der Waals surface area contributed by atoms with Crippen LogP contribution in [0.4, 0.5) is 5.69 Å². The van der Waals surface area contributed by atoms with Gasteiger partial charge in [-0.25, -0.2) is 0 Å². The average molecular weight is 201 g/mol. The Labute approximate surface area is 90.5 Å². The summed E-state index contributed by atoms with van der Waals surface area (Å²) in [5, 5.41) is 9.74. The maximum atomic E-state index is 9.74. The molecule has 0 saturated carbocycles. The molecule has 0 amide bonds. The first-order valence-corrected chi connectivity index (χ1v) is 5.22. The summed E-state index contributed by atoms with van der Waals surface area (Å²) in [6.07, 6.45) is 0.491. The summed E-state index contributed by atoms with van der Waals surface area (Å²) in [4.78, 5) is 2.14. The third-order valence-electron chi connectivity index (χ3n) is 2.67. The molecule has 0 bridgehead atoms. The van der Waals surface area contributed by atoms with Gasteiger partial charge in [0.25, 0.3) is 0 Å². The highest BCUT2D eigenvalue weighted by molar-refractivity contribution is 5.56. The lowest BCUT2D eigenvalue weighted by atomic mass is 10.00. The number of anilines is 1. The lowest BCUT2D eigenvalue weighted by Gasteiger charge is -2.32. The Bertz CT molecular complexity index is 402. The van der Waals surface area contributed by atoms with Crippen LogP contribution in [-0.4, -0.2) is 24.3 Å². The Morgan fingerprint density at radius 3 is 3.07 bits per heavy atom. The average Bonchev–Trinajstić information content (AvgIpc) is 2.25. The van der Waals surface area contributed by atoms with Gasteiger partial charge in [-0.2, -0.15) is 0 Å². The largest absolute Gasteiger partial charge is 0.391 e. The van der Waals surface area contributed by atoms with Gasteiger partial charge in [0.2, 0.25) is 0 Å². The van der Waals surface area contributed by atoms with Gasteiger partial charge in [0, 0.05) is 18.7 Å². The number of β-amino-alcohol motifs (C(OH)–C–C–N with tert-alkyl or cyclic N) is 1. The Morgan fingerprint density at radius 2 is 2.27 bits per heavy atom. The monoisotopic (exact) mass is 201 g/mol. The first-order valence-electron chi connectivity index (χ1n) is 5.22. The van der Waals surface area contributed by atoms with Gasteiger partial charge < -0.3 is 10.0 Å². The van der Waals surface area contributed by atoms with Gasteiger partial charge in [0.05, 0.1) is 12.6 Å². The van der Waals surface area contributed by atoms with Gasteiger partial charge in [-0.15, -0.1) is 5.92 Å². The molecule has 1 aromatic carbocycles. The van der Waals surface area contributed by atoms with Crippen molar-refractivity contribution in [3.05, 3.63) is 29.8 Å². The van der Waals surface area contributed by atoms with Crippen LogP contribution in [0.1, 0.15) is 12.5 Å². The zero-order valence-electron chi connectivity index (χ0n) is 8.90. The van der Waals surface area contributed by atoms with Gasteiger partial charge in [-0.05, 0) is 18.6 Å². The van der Waals surface area contributed by atoms with Gasteiger partial charge in [0.15, 0.2) is 0 Å². The van der Waals surface area contributed by atoms with E-state index in [1.54, 1.807) is 0 Å². The van der Waals surface area contributed by atoms with Crippen molar-refractivity contribution in [2.45, 2.75) is 19.4 Å². The molecule has 15 heavy (non-hydrogen) atoms. The molecule has 0 spiro atoms. The molecule has 1 aliphatic rings. The number of fused-ring (bicyclic) bond motifs is 1. The molecule has 2 heteroatoms. The van der Waals surface area contributed by atoms with Gasteiger partial charge in [0.1, 0.15) is 0 Å². The lowest BCUT2D eigenvalue weighted by Crippen LogP contribution is -2.38. The highest BCUT2D eigenvalue weighted by atomic mass is 16.3. The molecule has 1 atom stereocenters. The van der Waals surface area contributed by atoms with Gasteiger partial charge in [-0.3, -0.25) is 0 Å². The molecule has 0 fully saturated rings. The Kier molecular flexibility index (Phi) is 2.94. The van der Waals surface area contributed by atoms with Gasteiger partial charge >= 0.3 is 0 Å². The SMILES string of the molecule is CC#CCN1C[C@@H](O)Cc2ccccc21. The molecule has 0 radical (unpaired) electrons. The van der Waals surface area contributed by atoms with E-state index >= 15 is 0 Å². The number of nitrogens with zero attached hydrogens (tertiary/aromatic N) is 1. The topological polar surface area (TPSA) is 23.5 Å². The fourth-order valence-corrected chi connectivity index (χ4v) is 1.99. The van der Waals surface area contributed by atoms with Crippen molar-refractivity contribution in [2.24, 2.45) is 0 Å². The molecule has 78 valence electrons. The lowest BCUT2D eigenvalue weighted by molar-refractivity contribution is 0.176. The molecule has 0 saturated heterocycles. The second-order valence-corrected chi connectivity index (χ2v) is 3.79. The molecule has 1 aromatic rings. The number of rotatable bonds is 1. The zero-order valence-corrected chi connectivity index (χ0v) is 8.90. The number of aliphatic hydroxyl groups is 1. The summed E-state index contributed by atoms with van der Waals surface area (Å²) in [5.41, 5.74) is 2.43. The highest BCUT2D eigenvalue weighted by Crippen LogP contribution is 2.26. The number of hydrogen-bond acceptors (Lipinski definition) is 2. The maximum absolute atomic E-state index is 9.74. The summed E-state index contributed by atoms with van der Waals surface area (Å²) >= 11 is 0. The van der Waals surface area contributed by atoms with Crippen LogP contribution in [0.25, 0.3) is 0 Å². The predicted octanol–water partition coefficient (Wildman–Crippen LogP) is 1.43. The van der Waals surface area contributed by atoms with Crippen molar-refractivity contribution >= 4 is 5.69 Å². The summed E-state index contributed by atoms with van der Waals surface area (Å²) < 4.78 is 0. The third kappa shape index (κ3) is 2.14. The van der Waals surface area contributed by atoms with E-state index in [0.717, 1.165) is 6.42 Å². The Morgan fingerprint density at radius 1 is 1.47 bits per heavy atom. The Hall–Kier alpha value is -1.46. The fraction of sp³-hybridized carbons (Fsp3) is 0.385. The van der Waals surface area contributed by atoms with E-state index in [2.05, 4.69) is 28.9 Å². The highest BCUT2D eigenvalue weighted by Gasteiger charge is 2.21. The molecule has 2 nitrogen and oxygen atoms in total. The van der Waals surface area contributed by atoms with E-state index in [1.807, 2.05) is 19.1 Å². The van der Waals surface area contributed by atoms with Crippen molar-refractivity contribution in [3.63, 3.8) is 0 Å². The van der Waals surface area contributed by atoms with Crippen LogP contribution >= 0.6 is 0 Å². The number of benzene rings is 1. The first-order chi connectivity index (χ1) is 7.31. The van der Waals surface area contributed by atoms with Crippen molar-refractivity contribution in [1.82, 2.24) is 0 Å². The third-order valence-corrected chi connectivity index (χ3v) is 2.67. The fourth-order valence-electron chi connectivity index (χ4n) is 1.99. The quantitative estimate of drug-likeness (QED) is 0.695.